The lowest BCUT2D eigenvalue weighted by atomic mass is 9.83. The molecule has 2 atom stereocenters. The molecule has 2 amide bonds. The van der Waals surface area contributed by atoms with Crippen LogP contribution in [-0.4, -0.2) is 56.2 Å². The maximum Gasteiger partial charge on any atom is 0.471 e. The van der Waals surface area contributed by atoms with Gasteiger partial charge in [0.1, 0.15) is 0 Å². The van der Waals surface area contributed by atoms with Crippen molar-refractivity contribution in [1.29, 1.82) is 0 Å². The van der Waals surface area contributed by atoms with E-state index in [0.717, 1.165) is 32.1 Å². The summed E-state index contributed by atoms with van der Waals surface area (Å²) < 4.78 is 45.3. The van der Waals surface area contributed by atoms with E-state index in [2.05, 4.69) is 0 Å². The molecule has 0 aromatic carbocycles. The van der Waals surface area contributed by atoms with Crippen LogP contribution in [0.2, 0.25) is 18.1 Å². The molecule has 6 nitrogen and oxygen atoms in total. The quantitative estimate of drug-likeness (QED) is 0.243. The summed E-state index contributed by atoms with van der Waals surface area (Å²) >= 11 is 0. The predicted molar refractivity (Wildman–Crippen MR) is 125 cm³/mol. The molecule has 0 bridgehead atoms. The van der Waals surface area contributed by atoms with Gasteiger partial charge in [-0.3, -0.25) is 14.4 Å². The summed E-state index contributed by atoms with van der Waals surface area (Å²) in [6, 6.07) is -0.632. The lowest BCUT2D eigenvalue weighted by molar-refractivity contribution is -0.244. The van der Waals surface area contributed by atoms with Crippen molar-refractivity contribution in [3.05, 3.63) is 0 Å². The standard InChI is InChI=1S/C23H43F3N2O4Si/c1-21(2,3)32-28(16-29)18(14-17-12-10-9-11-13-17)19(15-27-20(30)23(24,25)26)31-33(7,8)22(4,5)6/h16-19H,9-15H2,1-8H3,(H,27,30). The molecule has 0 heterocycles. The van der Waals surface area contributed by atoms with Crippen LogP contribution in [0.15, 0.2) is 0 Å². The number of carbonyl (C=O) groups excluding carboxylic acids is 2. The maximum atomic E-state index is 12.9. The monoisotopic (exact) mass is 496 g/mol. The van der Waals surface area contributed by atoms with Crippen LogP contribution in [0, 0.1) is 5.92 Å². The molecule has 2 unspecified atom stereocenters. The average molecular weight is 497 g/mol. The van der Waals surface area contributed by atoms with Gasteiger partial charge in [0.25, 0.3) is 0 Å². The van der Waals surface area contributed by atoms with E-state index in [-0.39, 0.29) is 11.6 Å². The van der Waals surface area contributed by atoms with Gasteiger partial charge in [-0.05, 0) is 51.2 Å². The van der Waals surface area contributed by atoms with E-state index >= 15 is 0 Å². The summed E-state index contributed by atoms with van der Waals surface area (Å²) in [4.78, 5) is 29.6. The van der Waals surface area contributed by atoms with Crippen LogP contribution in [-0.2, 0) is 18.9 Å². The van der Waals surface area contributed by atoms with E-state index in [1.165, 1.54) is 5.06 Å². The Kier molecular flexibility index (Phi) is 10.4. The molecular formula is C23H43F3N2O4Si. The first-order valence-corrected chi connectivity index (χ1v) is 14.7. The molecule has 1 aliphatic carbocycles. The van der Waals surface area contributed by atoms with Crippen molar-refractivity contribution < 1.29 is 32.0 Å². The number of hydrogen-bond acceptors (Lipinski definition) is 4. The highest BCUT2D eigenvalue weighted by Gasteiger charge is 2.44. The molecule has 1 rings (SSSR count). The Bertz CT molecular complexity index is 639. The van der Waals surface area contributed by atoms with E-state index in [4.69, 9.17) is 9.26 Å². The first-order valence-electron chi connectivity index (χ1n) is 11.8. The number of rotatable bonds is 10. The molecule has 1 N–H and O–H groups in total. The van der Waals surface area contributed by atoms with Crippen molar-refractivity contribution in [3.8, 4) is 0 Å². The highest BCUT2D eigenvalue weighted by Crippen LogP contribution is 2.39. The van der Waals surface area contributed by atoms with E-state index in [1.54, 1.807) is 20.8 Å². The molecule has 0 spiro atoms. The molecule has 33 heavy (non-hydrogen) atoms. The molecule has 0 aliphatic heterocycles. The summed E-state index contributed by atoms with van der Waals surface area (Å²) in [5, 5.41) is 2.98. The van der Waals surface area contributed by atoms with E-state index < -0.39 is 38.1 Å². The third kappa shape index (κ3) is 9.94. The minimum Gasteiger partial charge on any atom is -0.410 e. The van der Waals surface area contributed by atoms with Gasteiger partial charge in [-0.1, -0.05) is 52.9 Å². The zero-order valence-electron chi connectivity index (χ0n) is 21.5. The second kappa shape index (κ2) is 11.5. The normalized spacial score (nSPS) is 18.5. The summed E-state index contributed by atoms with van der Waals surface area (Å²) in [6.07, 6.45) is 0.568. The Morgan fingerprint density at radius 1 is 1.09 bits per heavy atom. The number of carbonyl (C=O) groups is 2. The largest absolute Gasteiger partial charge is 0.471 e. The Morgan fingerprint density at radius 3 is 2.06 bits per heavy atom. The third-order valence-electron chi connectivity index (χ3n) is 6.51. The van der Waals surface area contributed by atoms with Crippen molar-refractivity contribution in [1.82, 2.24) is 10.4 Å². The minimum atomic E-state index is -4.99. The molecule has 1 aliphatic rings. The van der Waals surface area contributed by atoms with Crippen LogP contribution in [0.3, 0.4) is 0 Å². The van der Waals surface area contributed by atoms with Gasteiger partial charge in [-0.25, -0.2) is 5.06 Å². The van der Waals surface area contributed by atoms with E-state index in [0.29, 0.717) is 18.7 Å². The van der Waals surface area contributed by atoms with Crippen molar-refractivity contribution in [3.63, 3.8) is 0 Å². The van der Waals surface area contributed by atoms with Crippen LogP contribution in [0.25, 0.3) is 0 Å². The van der Waals surface area contributed by atoms with Gasteiger partial charge < -0.3 is 9.74 Å². The number of nitrogens with zero attached hydrogens (tertiary/aromatic N) is 1. The van der Waals surface area contributed by atoms with Crippen LogP contribution >= 0.6 is 0 Å². The van der Waals surface area contributed by atoms with Crippen molar-refractivity contribution in [2.24, 2.45) is 5.92 Å². The lowest BCUT2D eigenvalue weighted by Gasteiger charge is -2.45. The Labute approximate surface area is 198 Å². The Hall–Kier alpha value is -1.13. The van der Waals surface area contributed by atoms with Gasteiger partial charge in [-0.2, -0.15) is 13.2 Å². The second-order valence-corrected chi connectivity index (χ2v) is 16.4. The highest BCUT2D eigenvalue weighted by atomic mass is 28.4. The van der Waals surface area contributed by atoms with Crippen LogP contribution in [0.1, 0.15) is 80.1 Å². The molecule has 10 heteroatoms. The maximum absolute atomic E-state index is 12.9. The fourth-order valence-corrected chi connectivity index (χ4v) is 5.12. The van der Waals surface area contributed by atoms with Gasteiger partial charge in [0, 0.05) is 6.54 Å². The summed E-state index contributed by atoms with van der Waals surface area (Å²) in [5.41, 5.74) is -0.692. The highest BCUT2D eigenvalue weighted by molar-refractivity contribution is 6.74. The second-order valence-electron chi connectivity index (χ2n) is 11.6. The van der Waals surface area contributed by atoms with Gasteiger partial charge in [-0.15, -0.1) is 0 Å². The number of halogens is 3. The van der Waals surface area contributed by atoms with Crippen LogP contribution in [0.4, 0.5) is 13.2 Å². The predicted octanol–water partition coefficient (Wildman–Crippen LogP) is 5.58. The Morgan fingerprint density at radius 2 is 1.64 bits per heavy atom. The molecule has 194 valence electrons. The zero-order chi connectivity index (χ0) is 25.7. The molecular weight excluding hydrogens is 453 g/mol. The summed E-state index contributed by atoms with van der Waals surface area (Å²) in [5.74, 6) is -1.71. The topological polar surface area (TPSA) is 67.9 Å². The molecule has 0 saturated heterocycles. The van der Waals surface area contributed by atoms with Gasteiger partial charge >= 0.3 is 12.1 Å². The first-order chi connectivity index (χ1) is 14.9. The molecule has 1 fully saturated rings. The third-order valence-corrected chi connectivity index (χ3v) is 11.0. The minimum absolute atomic E-state index is 0.217. The number of nitrogens with one attached hydrogen (secondary N) is 1. The fraction of sp³-hybridized carbons (Fsp3) is 0.913. The molecule has 0 aromatic heterocycles. The van der Waals surface area contributed by atoms with Crippen molar-refractivity contribution in [2.45, 2.75) is 122 Å². The average Bonchev–Trinajstić information content (AvgIpc) is 2.66. The Balaban J connectivity index is 3.33. The summed E-state index contributed by atoms with van der Waals surface area (Å²) in [7, 11) is -2.46. The summed E-state index contributed by atoms with van der Waals surface area (Å²) in [6.45, 7) is 15.1. The smallest absolute Gasteiger partial charge is 0.410 e. The number of hydrogen-bond donors (Lipinski definition) is 1. The molecule has 0 aromatic rings. The first kappa shape index (κ1) is 29.9. The van der Waals surface area contributed by atoms with Gasteiger partial charge in [0.2, 0.25) is 6.41 Å². The molecule has 1 saturated carbocycles. The van der Waals surface area contributed by atoms with Crippen molar-refractivity contribution in [2.75, 3.05) is 6.54 Å². The van der Waals surface area contributed by atoms with E-state index in [9.17, 15) is 22.8 Å². The lowest BCUT2D eigenvalue weighted by Crippen LogP contribution is -2.57. The SMILES string of the molecule is CC(C)(C)ON(C=O)C(CC1CCCCC1)C(CNC(=O)C(F)(F)F)O[Si](C)(C)C(C)(C)C. The van der Waals surface area contributed by atoms with Crippen molar-refractivity contribution >= 4 is 20.6 Å². The molecule has 0 radical (unpaired) electrons. The number of alkyl halides is 3. The van der Waals surface area contributed by atoms with Gasteiger partial charge in [0.05, 0.1) is 17.7 Å². The fourth-order valence-electron chi connectivity index (χ4n) is 3.77. The number of hydroxylamine groups is 2. The number of amides is 2. The zero-order valence-corrected chi connectivity index (χ0v) is 22.5. The van der Waals surface area contributed by atoms with Crippen LogP contribution in [0.5, 0.6) is 0 Å². The van der Waals surface area contributed by atoms with Crippen LogP contribution < -0.4 is 5.32 Å². The van der Waals surface area contributed by atoms with Gasteiger partial charge in [0.15, 0.2) is 8.32 Å². The van der Waals surface area contributed by atoms with E-state index in [1.807, 2.05) is 39.2 Å².